The van der Waals surface area contributed by atoms with Gasteiger partial charge in [0, 0.05) is 19.4 Å². The van der Waals surface area contributed by atoms with E-state index >= 15 is 0 Å². The fourth-order valence-corrected chi connectivity index (χ4v) is 1.07. The summed E-state index contributed by atoms with van der Waals surface area (Å²) in [5, 5.41) is 9.87. The van der Waals surface area contributed by atoms with Crippen molar-refractivity contribution in [1.29, 1.82) is 0 Å². The Kier molecular flexibility index (Phi) is 7.57. The maximum atomic E-state index is 11.2. The Morgan fingerprint density at radius 2 is 1.80 bits per heavy atom. The SMILES string of the molecule is NCCCCCN(O)C(=O)CCC(N)=O. The Balaban J connectivity index is 3.55. The zero-order valence-corrected chi connectivity index (χ0v) is 8.82. The minimum absolute atomic E-state index is 0.0291. The van der Waals surface area contributed by atoms with Crippen LogP contribution in [0.15, 0.2) is 0 Å². The Hall–Kier alpha value is -1.14. The van der Waals surface area contributed by atoms with Crippen molar-refractivity contribution in [2.45, 2.75) is 32.1 Å². The van der Waals surface area contributed by atoms with Gasteiger partial charge in [-0.1, -0.05) is 6.42 Å². The number of carbonyl (C=O) groups is 2. The molecule has 0 radical (unpaired) electrons. The Labute approximate surface area is 89.2 Å². The molecule has 2 amide bonds. The summed E-state index contributed by atoms with van der Waals surface area (Å²) in [5.41, 5.74) is 10.2. The molecule has 0 rings (SSSR count). The molecule has 0 aliphatic rings. The van der Waals surface area contributed by atoms with E-state index in [0.717, 1.165) is 12.8 Å². The standard InChI is InChI=1S/C9H19N3O3/c10-6-2-1-3-7-12(15)9(14)5-4-8(11)13/h15H,1-7,10H2,(H2,11,13). The molecule has 0 heterocycles. The number of hydrogen-bond acceptors (Lipinski definition) is 4. The number of hydrogen-bond donors (Lipinski definition) is 3. The summed E-state index contributed by atoms with van der Waals surface area (Å²) in [4.78, 5) is 21.5. The summed E-state index contributed by atoms with van der Waals surface area (Å²) in [6, 6.07) is 0. The maximum Gasteiger partial charge on any atom is 0.246 e. The average molecular weight is 217 g/mol. The van der Waals surface area contributed by atoms with E-state index in [4.69, 9.17) is 11.5 Å². The highest BCUT2D eigenvalue weighted by atomic mass is 16.5. The molecule has 6 nitrogen and oxygen atoms in total. The van der Waals surface area contributed by atoms with Gasteiger partial charge < -0.3 is 11.5 Å². The van der Waals surface area contributed by atoms with Crippen LogP contribution < -0.4 is 11.5 Å². The molecule has 0 fully saturated rings. The first kappa shape index (κ1) is 13.9. The number of rotatable bonds is 8. The third-order valence-corrected chi connectivity index (χ3v) is 1.95. The second kappa shape index (κ2) is 8.19. The van der Waals surface area contributed by atoms with E-state index in [1.165, 1.54) is 0 Å². The largest absolute Gasteiger partial charge is 0.370 e. The fourth-order valence-electron chi connectivity index (χ4n) is 1.07. The van der Waals surface area contributed by atoms with Crippen molar-refractivity contribution < 1.29 is 14.8 Å². The molecule has 0 aromatic rings. The number of unbranched alkanes of at least 4 members (excludes halogenated alkanes) is 2. The lowest BCUT2D eigenvalue weighted by Gasteiger charge is -2.13. The minimum Gasteiger partial charge on any atom is -0.370 e. The predicted octanol–water partition coefficient (Wildman–Crippen LogP) is -0.401. The highest BCUT2D eigenvalue weighted by Crippen LogP contribution is 1.99. The van der Waals surface area contributed by atoms with Crippen molar-refractivity contribution in [2.75, 3.05) is 13.1 Å². The summed E-state index contributed by atoms with van der Waals surface area (Å²) in [5.74, 6) is -1.01. The first-order chi connectivity index (χ1) is 7.07. The van der Waals surface area contributed by atoms with Crippen LogP contribution in [-0.2, 0) is 9.59 Å². The van der Waals surface area contributed by atoms with Gasteiger partial charge in [-0.3, -0.25) is 14.8 Å². The summed E-state index contributed by atoms with van der Waals surface area (Å²) in [7, 11) is 0. The van der Waals surface area contributed by atoms with Gasteiger partial charge in [-0.2, -0.15) is 0 Å². The quantitative estimate of drug-likeness (QED) is 0.292. The second-order valence-electron chi connectivity index (χ2n) is 3.33. The van der Waals surface area contributed by atoms with Crippen LogP contribution in [0.2, 0.25) is 0 Å². The fraction of sp³-hybridized carbons (Fsp3) is 0.778. The zero-order valence-electron chi connectivity index (χ0n) is 8.82. The molecule has 6 heteroatoms. The molecule has 0 bridgehead atoms. The summed E-state index contributed by atoms with van der Waals surface area (Å²) in [6.07, 6.45) is 2.39. The van der Waals surface area contributed by atoms with Crippen LogP contribution in [0.5, 0.6) is 0 Å². The van der Waals surface area contributed by atoms with Crippen molar-refractivity contribution in [3.63, 3.8) is 0 Å². The van der Waals surface area contributed by atoms with E-state index in [2.05, 4.69) is 0 Å². The van der Waals surface area contributed by atoms with Gasteiger partial charge in [0.25, 0.3) is 0 Å². The van der Waals surface area contributed by atoms with Crippen molar-refractivity contribution >= 4 is 11.8 Å². The van der Waals surface area contributed by atoms with Gasteiger partial charge in [-0.25, -0.2) is 5.06 Å². The zero-order chi connectivity index (χ0) is 11.7. The molecular formula is C9H19N3O3. The number of nitrogens with two attached hydrogens (primary N) is 2. The van der Waals surface area contributed by atoms with Gasteiger partial charge in [0.15, 0.2) is 0 Å². The molecule has 0 aromatic carbocycles. The van der Waals surface area contributed by atoms with Crippen LogP contribution in [0.3, 0.4) is 0 Å². The molecule has 0 aliphatic carbocycles. The smallest absolute Gasteiger partial charge is 0.246 e. The Morgan fingerprint density at radius 1 is 1.13 bits per heavy atom. The van der Waals surface area contributed by atoms with Gasteiger partial charge in [-0.05, 0) is 19.4 Å². The number of hydroxylamine groups is 2. The van der Waals surface area contributed by atoms with Gasteiger partial charge in [0.1, 0.15) is 0 Å². The number of amides is 2. The van der Waals surface area contributed by atoms with Gasteiger partial charge in [0.2, 0.25) is 11.8 Å². The van der Waals surface area contributed by atoms with Crippen molar-refractivity contribution in [2.24, 2.45) is 11.5 Å². The van der Waals surface area contributed by atoms with Crippen LogP contribution in [0, 0.1) is 0 Å². The molecule has 0 unspecified atom stereocenters. The Morgan fingerprint density at radius 3 is 2.33 bits per heavy atom. The maximum absolute atomic E-state index is 11.2. The Bertz CT molecular complexity index is 209. The lowest BCUT2D eigenvalue weighted by Crippen LogP contribution is -2.29. The van der Waals surface area contributed by atoms with Crippen LogP contribution in [0.1, 0.15) is 32.1 Å². The van der Waals surface area contributed by atoms with Crippen LogP contribution in [-0.4, -0.2) is 35.2 Å². The van der Waals surface area contributed by atoms with Gasteiger partial charge in [0.05, 0.1) is 0 Å². The second-order valence-corrected chi connectivity index (χ2v) is 3.33. The summed E-state index contributed by atoms with van der Waals surface area (Å²) >= 11 is 0. The number of primary amides is 1. The molecule has 0 saturated carbocycles. The molecule has 5 N–H and O–H groups in total. The van der Waals surface area contributed by atoms with Gasteiger partial charge in [-0.15, -0.1) is 0 Å². The highest BCUT2D eigenvalue weighted by molar-refractivity contribution is 5.82. The van der Waals surface area contributed by atoms with Crippen LogP contribution in [0.4, 0.5) is 0 Å². The molecule has 0 spiro atoms. The monoisotopic (exact) mass is 217 g/mol. The van der Waals surface area contributed by atoms with Crippen LogP contribution in [0.25, 0.3) is 0 Å². The molecular weight excluding hydrogens is 198 g/mol. The third-order valence-electron chi connectivity index (χ3n) is 1.95. The third kappa shape index (κ3) is 7.90. The minimum atomic E-state index is -0.542. The first-order valence-electron chi connectivity index (χ1n) is 5.05. The lowest BCUT2D eigenvalue weighted by molar-refractivity contribution is -0.166. The molecule has 0 aromatic heterocycles. The normalized spacial score (nSPS) is 10.0. The molecule has 88 valence electrons. The van der Waals surface area contributed by atoms with Gasteiger partial charge >= 0.3 is 0 Å². The van der Waals surface area contributed by atoms with Crippen molar-refractivity contribution in [3.8, 4) is 0 Å². The molecule has 0 saturated heterocycles. The van der Waals surface area contributed by atoms with E-state index < -0.39 is 11.8 Å². The van der Waals surface area contributed by atoms with Crippen molar-refractivity contribution in [3.05, 3.63) is 0 Å². The predicted molar refractivity (Wildman–Crippen MR) is 54.8 cm³/mol. The van der Waals surface area contributed by atoms with E-state index in [9.17, 15) is 14.8 Å². The highest BCUT2D eigenvalue weighted by Gasteiger charge is 2.10. The lowest BCUT2D eigenvalue weighted by atomic mass is 10.2. The number of carbonyl (C=O) groups excluding carboxylic acids is 2. The average Bonchev–Trinajstić information content (AvgIpc) is 2.20. The molecule has 0 atom stereocenters. The first-order valence-corrected chi connectivity index (χ1v) is 5.05. The summed E-state index contributed by atoms with van der Waals surface area (Å²) < 4.78 is 0. The van der Waals surface area contributed by atoms with E-state index in [1.807, 2.05) is 0 Å². The number of nitrogens with zero attached hydrogens (tertiary/aromatic N) is 1. The topological polar surface area (TPSA) is 110 Å². The van der Waals surface area contributed by atoms with E-state index in [0.29, 0.717) is 18.0 Å². The van der Waals surface area contributed by atoms with E-state index in [-0.39, 0.29) is 19.4 Å². The summed E-state index contributed by atoms with van der Waals surface area (Å²) in [6.45, 7) is 0.888. The molecule has 15 heavy (non-hydrogen) atoms. The van der Waals surface area contributed by atoms with Crippen LogP contribution >= 0.6 is 0 Å². The van der Waals surface area contributed by atoms with E-state index in [1.54, 1.807) is 0 Å². The van der Waals surface area contributed by atoms with Crippen molar-refractivity contribution in [1.82, 2.24) is 5.06 Å². The molecule has 0 aliphatic heterocycles.